The van der Waals surface area contributed by atoms with Crippen LogP contribution in [0.3, 0.4) is 0 Å². The van der Waals surface area contributed by atoms with E-state index in [0.29, 0.717) is 5.75 Å². The van der Waals surface area contributed by atoms with Crippen molar-refractivity contribution in [1.82, 2.24) is 5.32 Å². The first-order valence-corrected chi connectivity index (χ1v) is 7.60. The molecule has 0 unspecified atom stereocenters. The summed E-state index contributed by atoms with van der Waals surface area (Å²) in [4.78, 5) is 11.9. The summed E-state index contributed by atoms with van der Waals surface area (Å²) in [5.74, 6) is 1.11. The zero-order chi connectivity index (χ0) is 17.4. The van der Waals surface area contributed by atoms with Crippen LogP contribution in [-0.2, 0) is 4.79 Å². The van der Waals surface area contributed by atoms with Gasteiger partial charge in [0.05, 0.1) is 14.2 Å². The summed E-state index contributed by atoms with van der Waals surface area (Å²) in [6, 6.07) is 14.6. The van der Waals surface area contributed by atoms with E-state index in [1.54, 1.807) is 32.4 Å². The maximum atomic E-state index is 11.9. The number of carbonyl (C=O) groups is 1. The van der Waals surface area contributed by atoms with E-state index in [-0.39, 0.29) is 11.0 Å². The Bertz CT molecular complexity index is 742. The van der Waals surface area contributed by atoms with Crippen LogP contribution < -0.4 is 20.1 Å². The lowest BCUT2D eigenvalue weighted by Crippen LogP contribution is -2.32. The minimum Gasteiger partial charge on any atom is -0.497 e. The van der Waals surface area contributed by atoms with Crippen molar-refractivity contribution < 1.29 is 14.3 Å². The summed E-state index contributed by atoms with van der Waals surface area (Å²) in [6.07, 6.45) is 3.07. The van der Waals surface area contributed by atoms with E-state index in [4.69, 9.17) is 21.7 Å². The van der Waals surface area contributed by atoms with Gasteiger partial charge in [0.25, 0.3) is 0 Å². The molecule has 24 heavy (non-hydrogen) atoms. The summed E-state index contributed by atoms with van der Waals surface area (Å²) in [5.41, 5.74) is 1.57. The smallest absolute Gasteiger partial charge is 0.250 e. The number of methoxy groups -OCH3 is 2. The van der Waals surface area contributed by atoms with Gasteiger partial charge >= 0.3 is 0 Å². The molecule has 2 rings (SSSR count). The van der Waals surface area contributed by atoms with Crippen LogP contribution >= 0.6 is 12.2 Å². The molecule has 2 aromatic carbocycles. The number of nitrogens with one attached hydrogen (secondary N) is 2. The summed E-state index contributed by atoms with van der Waals surface area (Å²) in [5, 5.41) is 5.73. The average Bonchev–Trinajstić information content (AvgIpc) is 2.60. The number of para-hydroxylation sites is 1. The molecule has 0 heterocycles. The van der Waals surface area contributed by atoms with Crippen LogP contribution in [0.15, 0.2) is 54.6 Å². The highest BCUT2D eigenvalue weighted by Crippen LogP contribution is 2.18. The molecule has 0 aliphatic heterocycles. The van der Waals surface area contributed by atoms with Crippen molar-refractivity contribution in [3.63, 3.8) is 0 Å². The molecule has 2 aromatic rings. The minimum absolute atomic E-state index is 0.217. The maximum absolute atomic E-state index is 11.9. The second-order valence-electron chi connectivity index (χ2n) is 4.75. The van der Waals surface area contributed by atoms with Crippen LogP contribution in [0.25, 0.3) is 6.08 Å². The van der Waals surface area contributed by atoms with Crippen LogP contribution in [0.1, 0.15) is 5.56 Å². The minimum atomic E-state index is -0.327. The lowest BCUT2D eigenvalue weighted by atomic mass is 10.2. The van der Waals surface area contributed by atoms with Crippen molar-refractivity contribution in [3.8, 4) is 11.5 Å². The van der Waals surface area contributed by atoms with E-state index < -0.39 is 0 Å². The molecule has 5 nitrogen and oxygen atoms in total. The molecule has 124 valence electrons. The van der Waals surface area contributed by atoms with E-state index in [1.165, 1.54) is 6.08 Å². The highest BCUT2D eigenvalue weighted by molar-refractivity contribution is 7.80. The number of thiocarbonyl (C=S) groups is 1. The number of benzene rings is 2. The Morgan fingerprint density at radius 1 is 1.04 bits per heavy atom. The van der Waals surface area contributed by atoms with Gasteiger partial charge in [-0.2, -0.15) is 0 Å². The largest absolute Gasteiger partial charge is 0.497 e. The molecule has 0 atom stereocenters. The van der Waals surface area contributed by atoms with Gasteiger partial charge in [-0.1, -0.05) is 18.2 Å². The van der Waals surface area contributed by atoms with Gasteiger partial charge in [0.15, 0.2) is 5.11 Å². The van der Waals surface area contributed by atoms with Gasteiger partial charge < -0.3 is 14.8 Å². The zero-order valence-electron chi connectivity index (χ0n) is 13.4. The van der Waals surface area contributed by atoms with Crippen LogP contribution in [0, 0.1) is 0 Å². The first kappa shape index (κ1) is 17.5. The first-order valence-electron chi connectivity index (χ1n) is 7.19. The molecule has 0 saturated heterocycles. The number of hydrogen-bond acceptors (Lipinski definition) is 4. The van der Waals surface area contributed by atoms with Crippen molar-refractivity contribution >= 4 is 35.0 Å². The summed E-state index contributed by atoms with van der Waals surface area (Å²) in [6.45, 7) is 0. The van der Waals surface area contributed by atoms with Crippen molar-refractivity contribution in [3.05, 3.63) is 60.2 Å². The van der Waals surface area contributed by atoms with Gasteiger partial charge in [0, 0.05) is 17.3 Å². The standard InChI is InChI=1S/C18H18N2O3S/c1-22-15-10-8-14(9-11-15)19-18(24)20-17(21)12-7-13-5-3-4-6-16(13)23-2/h3-12H,1-2H3,(H2,19,20,21,24)/b12-7+. The van der Waals surface area contributed by atoms with E-state index in [0.717, 1.165) is 17.0 Å². The van der Waals surface area contributed by atoms with Crippen LogP contribution in [0.2, 0.25) is 0 Å². The normalized spacial score (nSPS) is 10.2. The van der Waals surface area contributed by atoms with Gasteiger partial charge in [-0.25, -0.2) is 0 Å². The number of carbonyl (C=O) groups excluding carboxylic acids is 1. The SMILES string of the molecule is COc1ccc(NC(=S)NC(=O)/C=C/c2ccccc2OC)cc1. The van der Waals surface area contributed by atoms with Crippen molar-refractivity contribution in [2.75, 3.05) is 19.5 Å². The third-order valence-electron chi connectivity index (χ3n) is 3.14. The Morgan fingerprint density at radius 2 is 1.75 bits per heavy atom. The lowest BCUT2D eigenvalue weighted by Gasteiger charge is -2.09. The summed E-state index contributed by atoms with van der Waals surface area (Å²) < 4.78 is 10.3. The van der Waals surface area contributed by atoms with Gasteiger partial charge in [-0.05, 0) is 48.6 Å². The first-order chi connectivity index (χ1) is 11.6. The molecular weight excluding hydrogens is 324 g/mol. The summed E-state index contributed by atoms with van der Waals surface area (Å²) >= 11 is 5.12. The van der Waals surface area contributed by atoms with Gasteiger partial charge in [-0.3, -0.25) is 10.1 Å². The highest BCUT2D eigenvalue weighted by atomic mass is 32.1. The molecule has 0 radical (unpaired) electrons. The van der Waals surface area contributed by atoms with Crippen LogP contribution in [0.5, 0.6) is 11.5 Å². The zero-order valence-corrected chi connectivity index (χ0v) is 14.2. The average molecular weight is 342 g/mol. The quantitative estimate of drug-likeness (QED) is 0.645. The number of anilines is 1. The van der Waals surface area contributed by atoms with Gasteiger partial charge in [-0.15, -0.1) is 0 Å². The number of rotatable bonds is 5. The third-order valence-corrected chi connectivity index (χ3v) is 3.34. The second kappa shape index (κ2) is 8.69. The number of amides is 1. The molecule has 0 aliphatic rings. The maximum Gasteiger partial charge on any atom is 0.250 e. The molecule has 0 fully saturated rings. The molecule has 0 spiro atoms. The molecule has 0 bridgehead atoms. The van der Waals surface area contributed by atoms with E-state index in [9.17, 15) is 4.79 Å². The number of hydrogen-bond donors (Lipinski definition) is 2. The lowest BCUT2D eigenvalue weighted by molar-refractivity contribution is -0.115. The predicted octanol–water partition coefficient (Wildman–Crippen LogP) is 3.23. The fraction of sp³-hybridized carbons (Fsp3) is 0.111. The van der Waals surface area contributed by atoms with Gasteiger partial charge in [0.1, 0.15) is 11.5 Å². The van der Waals surface area contributed by atoms with Crippen LogP contribution in [0.4, 0.5) is 5.69 Å². The van der Waals surface area contributed by atoms with E-state index >= 15 is 0 Å². The fourth-order valence-corrected chi connectivity index (χ4v) is 2.18. The Hall–Kier alpha value is -2.86. The molecule has 0 aliphatic carbocycles. The van der Waals surface area contributed by atoms with Crippen LogP contribution in [-0.4, -0.2) is 25.2 Å². The third kappa shape index (κ3) is 5.10. The Morgan fingerprint density at radius 3 is 2.42 bits per heavy atom. The Kier molecular flexibility index (Phi) is 6.33. The van der Waals surface area contributed by atoms with Crippen molar-refractivity contribution in [2.24, 2.45) is 0 Å². The molecule has 1 amide bonds. The summed E-state index contributed by atoms with van der Waals surface area (Å²) in [7, 11) is 3.18. The predicted molar refractivity (Wildman–Crippen MR) is 99.4 cm³/mol. The molecule has 0 saturated carbocycles. The second-order valence-corrected chi connectivity index (χ2v) is 5.16. The number of ether oxygens (including phenoxy) is 2. The molecule has 2 N–H and O–H groups in total. The Balaban J connectivity index is 1.91. The molecular formula is C18H18N2O3S. The Labute approximate surface area is 146 Å². The molecule has 6 heteroatoms. The molecule has 0 aromatic heterocycles. The fourth-order valence-electron chi connectivity index (χ4n) is 1.96. The van der Waals surface area contributed by atoms with E-state index in [2.05, 4.69) is 10.6 Å². The highest BCUT2D eigenvalue weighted by Gasteiger charge is 2.03. The topological polar surface area (TPSA) is 59.6 Å². The van der Waals surface area contributed by atoms with Crippen molar-refractivity contribution in [2.45, 2.75) is 0 Å². The monoisotopic (exact) mass is 342 g/mol. The van der Waals surface area contributed by atoms with E-state index in [1.807, 2.05) is 36.4 Å². The van der Waals surface area contributed by atoms with Gasteiger partial charge in [0.2, 0.25) is 5.91 Å². The van der Waals surface area contributed by atoms with Crippen molar-refractivity contribution in [1.29, 1.82) is 0 Å².